The fourth-order valence-corrected chi connectivity index (χ4v) is 1.98. The van der Waals surface area contributed by atoms with Gasteiger partial charge in [-0.15, -0.1) is 0 Å². The molecule has 0 atom stereocenters. The van der Waals surface area contributed by atoms with E-state index >= 15 is 0 Å². The molecule has 3 aromatic rings. The number of ether oxygens (including phenoxy) is 2. The number of aromatic amines is 1. The monoisotopic (exact) mass is 355 g/mol. The number of benzene rings is 2. The molecule has 3 rings (SSSR count). The van der Waals surface area contributed by atoms with Crippen LogP contribution in [0, 0.1) is 0 Å². The molecule has 2 aromatic carbocycles. The largest absolute Gasteiger partial charge is 0.484 e. The van der Waals surface area contributed by atoms with Gasteiger partial charge in [-0.2, -0.15) is 5.21 Å². The molecular weight excluding hydrogens is 342 g/mol. The van der Waals surface area contributed by atoms with Gasteiger partial charge in [-0.1, -0.05) is 16.3 Å². The number of hydrogen-bond acceptors (Lipinski definition) is 7. The zero-order valence-electron chi connectivity index (χ0n) is 13.2. The fraction of sp³-hybridized carbons (Fsp3) is 0.0625. The Bertz CT molecular complexity index is 896. The Hall–Kier alpha value is -3.95. The second-order valence-electron chi connectivity index (χ2n) is 4.99. The van der Waals surface area contributed by atoms with Crippen LogP contribution in [0.5, 0.6) is 17.5 Å². The molecule has 1 amide bonds. The number of amides is 1. The number of carbonyl (C=O) groups excluding carboxylic acids is 1. The average molecular weight is 355 g/mol. The van der Waals surface area contributed by atoms with Gasteiger partial charge >= 0.3 is 12.0 Å². The second-order valence-corrected chi connectivity index (χ2v) is 4.99. The van der Waals surface area contributed by atoms with Gasteiger partial charge in [0, 0.05) is 5.69 Å². The number of H-pyrrole nitrogens is 1. The lowest BCUT2D eigenvalue weighted by Crippen LogP contribution is -2.20. The van der Waals surface area contributed by atoms with Crippen molar-refractivity contribution in [2.45, 2.75) is 0 Å². The van der Waals surface area contributed by atoms with E-state index in [1.54, 1.807) is 36.4 Å². The minimum Gasteiger partial charge on any atom is -0.484 e. The van der Waals surface area contributed by atoms with Gasteiger partial charge < -0.3 is 19.9 Å². The smallest absolute Gasteiger partial charge is 0.361 e. The van der Waals surface area contributed by atoms with Crippen LogP contribution in [-0.2, 0) is 4.79 Å². The summed E-state index contributed by atoms with van der Waals surface area (Å²) in [6, 6.07) is 12.5. The van der Waals surface area contributed by atoms with E-state index in [1.807, 2.05) is 0 Å². The first-order chi connectivity index (χ1) is 12.6. The molecule has 10 heteroatoms. The quantitative estimate of drug-likeness (QED) is 0.582. The average Bonchev–Trinajstić information content (AvgIpc) is 3.14. The summed E-state index contributed by atoms with van der Waals surface area (Å²) in [5.74, 6) is -0.547. The van der Waals surface area contributed by atoms with Gasteiger partial charge in [0.1, 0.15) is 11.5 Å². The molecule has 0 aliphatic heterocycles. The number of aromatic nitrogens is 4. The van der Waals surface area contributed by atoms with E-state index in [9.17, 15) is 9.59 Å². The lowest BCUT2D eigenvalue weighted by atomic mass is 10.2. The van der Waals surface area contributed by atoms with Gasteiger partial charge in [0.2, 0.25) is 0 Å². The van der Waals surface area contributed by atoms with Crippen molar-refractivity contribution in [1.82, 2.24) is 20.6 Å². The Balaban J connectivity index is 1.51. The third-order valence-corrected chi connectivity index (χ3v) is 3.12. The van der Waals surface area contributed by atoms with Crippen LogP contribution in [0.25, 0.3) is 0 Å². The molecule has 0 saturated carbocycles. The van der Waals surface area contributed by atoms with Gasteiger partial charge in [0.05, 0.1) is 5.56 Å². The van der Waals surface area contributed by atoms with Crippen molar-refractivity contribution in [1.29, 1.82) is 0 Å². The maximum absolute atomic E-state index is 11.9. The predicted molar refractivity (Wildman–Crippen MR) is 88.2 cm³/mol. The third kappa shape index (κ3) is 4.54. The van der Waals surface area contributed by atoms with Crippen LogP contribution < -0.4 is 14.8 Å². The lowest BCUT2D eigenvalue weighted by Gasteiger charge is -2.08. The summed E-state index contributed by atoms with van der Waals surface area (Å²) in [5, 5.41) is 24.5. The van der Waals surface area contributed by atoms with E-state index in [0.717, 1.165) is 0 Å². The number of aromatic carboxylic acids is 1. The van der Waals surface area contributed by atoms with Gasteiger partial charge in [0.15, 0.2) is 6.61 Å². The summed E-state index contributed by atoms with van der Waals surface area (Å²) in [4.78, 5) is 22.8. The molecule has 3 N–H and O–H groups in total. The highest BCUT2D eigenvalue weighted by Gasteiger charge is 2.08. The van der Waals surface area contributed by atoms with Gasteiger partial charge in [-0.3, -0.25) is 4.79 Å². The number of rotatable bonds is 7. The fourth-order valence-electron chi connectivity index (χ4n) is 1.98. The first-order valence-electron chi connectivity index (χ1n) is 7.37. The molecule has 0 saturated heterocycles. The number of hydrogen-bond donors (Lipinski definition) is 3. The number of carboxylic acid groups (broad SMARTS) is 1. The normalized spacial score (nSPS) is 10.2. The van der Waals surface area contributed by atoms with Crippen LogP contribution in [0.4, 0.5) is 5.69 Å². The Morgan fingerprint density at radius 1 is 1.12 bits per heavy atom. The van der Waals surface area contributed by atoms with Crippen molar-refractivity contribution >= 4 is 17.6 Å². The highest BCUT2D eigenvalue weighted by molar-refractivity contribution is 5.94. The Kier molecular flexibility index (Phi) is 5.03. The van der Waals surface area contributed by atoms with Crippen LogP contribution in [0.3, 0.4) is 0 Å². The standard InChI is InChI=1S/C16H13N5O5/c22-14(17-11-3-1-2-10(8-11)15(23)24)9-25-12-4-6-13(7-5-12)26-16-18-20-21-19-16/h1-8H,9H2,(H,17,22)(H,23,24)(H,18,19,20,21). The zero-order chi connectivity index (χ0) is 18.4. The van der Waals surface area contributed by atoms with E-state index in [-0.39, 0.29) is 18.2 Å². The first-order valence-corrected chi connectivity index (χ1v) is 7.37. The van der Waals surface area contributed by atoms with Crippen molar-refractivity contribution in [3.05, 3.63) is 54.1 Å². The summed E-state index contributed by atoms with van der Waals surface area (Å²) >= 11 is 0. The molecule has 0 bridgehead atoms. The van der Waals surface area contributed by atoms with E-state index in [0.29, 0.717) is 17.2 Å². The number of carbonyl (C=O) groups is 2. The van der Waals surface area contributed by atoms with Crippen LogP contribution in [0.2, 0.25) is 0 Å². The molecule has 26 heavy (non-hydrogen) atoms. The molecule has 1 aromatic heterocycles. The first kappa shape index (κ1) is 16.9. The van der Waals surface area contributed by atoms with E-state index in [1.165, 1.54) is 12.1 Å². The number of carboxylic acids is 1. The SMILES string of the molecule is O=C(COc1ccc(Oc2nn[nH]n2)cc1)Nc1cccc(C(=O)O)c1. The molecular formula is C16H13N5O5. The summed E-state index contributed by atoms with van der Waals surface area (Å²) in [6.45, 7) is -0.234. The minimum absolute atomic E-state index is 0.0842. The topological polar surface area (TPSA) is 139 Å². The summed E-state index contributed by atoms with van der Waals surface area (Å²) in [5.41, 5.74) is 0.461. The van der Waals surface area contributed by atoms with Crippen molar-refractivity contribution in [2.24, 2.45) is 0 Å². The molecule has 132 valence electrons. The van der Waals surface area contributed by atoms with Crippen LogP contribution in [-0.4, -0.2) is 44.2 Å². The van der Waals surface area contributed by atoms with Crippen molar-refractivity contribution in [3.63, 3.8) is 0 Å². The summed E-state index contributed by atoms with van der Waals surface area (Å²) in [6.07, 6.45) is 0. The predicted octanol–water partition coefficient (Wildman–Crippen LogP) is 1.71. The number of nitrogens with zero attached hydrogens (tertiary/aromatic N) is 3. The molecule has 0 fully saturated rings. The molecule has 1 heterocycles. The molecule has 0 unspecified atom stereocenters. The maximum Gasteiger partial charge on any atom is 0.361 e. The molecule has 10 nitrogen and oxygen atoms in total. The Labute approximate surface area is 146 Å². The summed E-state index contributed by atoms with van der Waals surface area (Å²) < 4.78 is 10.7. The highest BCUT2D eigenvalue weighted by Crippen LogP contribution is 2.20. The van der Waals surface area contributed by atoms with E-state index in [4.69, 9.17) is 14.6 Å². The van der Waals surface area contributed by atoms with Crippen molar-refractivity contribution < 1.29 is 24.2 Å². The molecule has 0 spiro atoms. The number of tetrazole rings is 1. The summed E-state index contributed by atoms with van der Waals surface area (Å²) in [7, 11) is 0. The van der Waals surface area contributed by atoms with Gasteiger partial charge in [-0.05, 0) is 47.7 Å². The van der Waals surface area contributed by atoms with Crippen molar-refractivity contribution in [2.75, 3.05) is 11.9 Å². The maximum atomic E-state index is 11.9. The van der Waals surface area contributed by atoms with Crippen LogP contribution >= 0.6 is 0 Å². The Morgan fingerprint density at radius 2 is 1.88 bits per heavy atom. The number of anilines is 1. The molecule has 0 aliphatic rings. The van der Waals surface area contributed by atoms with E-state index < -0.39 is 11.9 Å². The van der Waals surface area contributed by atoms with Gasteiger partial charge in [0.25, 0.3) is 5.91 Å². The second kappa shape index (κ2) is 7.75. The van der Waals surface area contributed by atoms with Crippen LogP contribution in [0.1, 0.15) is 10.4 Å². The highest BCUT2D eigenvalue weighted by atomic mass is 16.5. The lowest BCUT2D eigenvalue weighted by molar-refractivity contribution is -0.118. The third-order valence-electron chi connectivity index (χ3n) is 3.12. The van der Waals surface area contributed by atoms with E-state index in [2.05, 4.69) is 25.9 Å². The molecule has 0 radical (unpaired) electrons. The molecule has 0 aliphatic carbocycles. The minimum atomic E-state index is -1.07. The van der Waals surface area contributed by atoms with Crippen LogP contribution in [0.15, 0.2) is 48.5 Å². The Morgan fingerprint density at radius 3 is 2.58 bits per heavy atom. The zero-order valence-corrected chi connectivity index (χ0v) is 13.2. The van der Waals surface area contributed by atoms with Gasteiger partial charge in [-0.25, -0.2) is 4.79 Å². The van der Waals surface area contributed by atoms with Crippen molar-refractivity contribution in [3.8, 4) is 17.5 Å². The number of nitrogens with one attached hydrogen (secondary N) is 2.